The number of esters is 1. The smallest absolute Gasteiger partial charge is 0.330 e. The Kier molecular flexibility index (Phi) is 6.76. The van der Waals surface area contributed by atoms with Crippen LogP contribution in [0, 0.1) is 6.92 Å². The van der Waals surface area contributed by atoms with Crippen molar-refractivity contribution in [1.29, 1.82) is 0 Å². The molecule has 2 aromatic rings. The van der Waals surface area contributed by atoms with Gasteiger partial charge in [0.15, 0.2) is 6.04 Å². The SMILES string of the molecule is COC(=O)[C@@H](CO)NC(=O)c1ccc(N(C)S(=O)(=O)c2ccc(C)cc2)cc1. The molecule has 9 heteroatoms. The normalized spacial score (nSPS) is 12.1. The van der Waals surface area contributed by atoms with Crippen LogP contribution in [0.25, 0.3) is 0 Å². The third-order valence-electron chi connectivity index (χ3n) is 4.15. The predicted octanol–water partition coefficient (Wildman–Crippen LogP) is 1.08. The van der Waals surface area contributed by atoms with Gasteiger partial charge in [0.05, 0.1) is 24.3 Å². The Morgan fingerprint density at radius 2 is 1.68 bits per heavy atom. The molecule has 0 saturated heterocycles. The zero-order chi connectivity index (χ0) is 20.9. The van der Waals surface area contributed by atoms with Crippen LogP contribution >= 0.6 is 0 Å². The Labute approximate surface area is 163 Å². The van der Waals surface area contributed by atoms with E-state index < -0.39 is 34.5 Å². The van der Waals surface area contributed by atoms with Crippen molar-refractivity contribution < 1.29 is 27.9 Å². The van der Waals surface area contributed by atoms with E-state index in [0.717, 1.165) is 17.0 Å². The highest BCUT2D eigenvalue weighted by atomic mass is 32.2. The van der Waals surface area contributed by atoms with Gasteiger partial charge in [0.25, 0.3) is 15.9 Å². The second-order valence-electron chi connectivity index (χ2n) is 6.06. The van der Waals surface area contributed by atoms with Crippen LogP contribution in [0.3, 0.4) is 0 Å². The van der Waals surface area contributed by atoms with Gasteiger partial charge in [-0.3, -0.25) is 9.10 Å². The van der Waals surface area contributed by atoms with E-state index in [1.54, 1.807) is 12.1 Å². The van der Waals surface area contributed by atoms with Crippen LogP contribution in [-0.4, -0.2) is 52.2 Å². The molecule has 150 valence electrons. The number of carbonyl (C=O) groups excluding carboxylic acids is 2. The Hall–Kier alpha value is -2.91. The number of aliphatic hydroxyl groups excluding tert-OH is 1. The summed E-state index contributed by atoms with van der Waals surface area (Å²) in [6.07, 6.45) is 0. The molecule has 0 radical (unpaired) electrons. The number of hydrogen-bond acceptors (Lipinski definition) is 6. The van der Waals surface area contributed by atoms with E-state index >= 15 is 0 Å². The third-order valence-corrected chi connectivity index (χ3v) is 5.95. The van der Waals surface area contributed by atoms with Crippen LogP contribution in [0.5, 0.6) is 0 Å². The quantitative estimate of drug-likeness (QED) is 0.666. The molecule has 0 saturated carbocycles. The number of methoxy groups -OCH3 is 1. The lowest BCUT2D eigenvalue weighted by Gasteiger charge is -2.20. The van der Waals surface area contributed by atoms with Crippen LogP contribution in [0.15, 0.2) is 53.4 Å². The number of benzene rings is 2. The number of aliphatic hydroxyl groups is 1. The lowest BCUT2D eigenvalue weighted by molar-refractivity contribution is -0.143. The van der Waals surface area contributed by atoms with Crippen molar-refractivity contribution in [2.24, 2.45) is 0 Å². The molecule has 28 heavy (non-hydrogen) atoms. The number of hydrogen-bond donors (Lipinski definition) is 2. The van der Waals surface area contributed by atoms with Gasteiger partial charge in [0.2, 0.25) is 0 Å². The zero-order valence-electron chi connectivity index (χ0n) is 15.7. The minimum Gasteiger partial charge on any atom is -0.467 e. The van der Waals surface area contributed by atoms with Gasteiger partial charge in [-0.15, -0.1) is 0 Å². The molecule has 0 unspecified atom stereocenters. The summed E-state index contributed by atoms with van der Waals surface area (Å²) in [4.78, 5) is 23.8. The number of nitrogens with one attached hydrogen (secondary N) is 1. The maximum absolute atomic E-state index is 12.7. The van der Waals surface area contributed by atoms with Crippen LogP contribution in [0.2, 0.25) is 0 Å². The van der Waals surface area contributed by atoms with E-state index in [4.69, 9.17) is 5.11 Å². The highest BCUT2D eigenvalue weighted by Gasteiger charge is 2.23. The summed E-state index contributed by atoms with van der Waals surface area (Å²) in [5, 5.41) is 11.5. The standard InChI is InChI=1S/C19H22N2O6S/c1-13-4-10-16(11-5-13)28(25,26)21(2)15-8-6-14(7-9-15)18(23)20-17(12-22)19(24)27-3/h4-11,17,22H,12H2,1-3H3,(H,20,23)/t17-/m1/s1. The number of amides is 1. The van der Waals surface area contributed by atoms with Crippen molar-refractivity contribution in [2.45, 2.75) is 17.9 Å². The molecular formula is C19H22N2O6S. The molecule has 0 aliphatic carbocycles. The van der Waals surface area contributed by atoms with E-state index in [1.165, 1.54) is 43.4 Å². The first-order valence-electron chi connectivity index (χ1n) is 8.36. The number of anilines is 1. The largest absolute Gasteiger partial charge is 0.467 e. The highest BCUT2D eigenvalue weighted by Crippen LogP contribution is 2.22. The van der Waals surface area contributed by atoms with Crippen molar-refractivity contribution in [3.05, 3.63) is 59.7 Å². The first-order valence-corrected chi connectivity index (χ1v) is 9.80. The van der Waals surface area contributed by atoms with E-state index in [1.807, 2.05) is 6.92 Å². The van der Waals surface area contributed by atoms with Crippen molar-refractivity contribution in [3.8, 4) is 0 Å². The molecular weight excluding hydrogens is 384 g/mol. The molecule has 1 amide bonds. The summed E-state index contributed by atoms with van der Waals surface area (Å²) < 4.78 is 31.1. The van der Waals surface area contributed by atoms with Crippen molar-refractivity contribution in [3.63, 3.8) is 0 Å². The lowest BCUT2D eigenvalue weighted by atomic mass is 10.2. The fourth-order valence-corrected chi connectivity index (χ4v) is 3.59. The van der Waals surface area contributed by atoms with Gasteiger partial charge in [-0.25, -0.2) is 13.2 Å². The van der Waals surface area contributed by atoms with E-state index in [0.29, 0.717) is 5.69 Å². The van der Waals surface area contributed by atoms with Crippen molar-refractivity contribution >= 4 is 27.6 Å². The van der Waals surface area contributed by atoms with Crippen LogP contribution in [-0.2, 0) is 19.6 Å². The molecule has 0 spiro atoms. The fraction of sp³-hybridized carbons (Fsp3) is 0.263. The number of nitrogens with zero attached hydrogens (tertiary/aromatic N) is 1. The summed E-state index contributed by atoms with van der Waals surface area (Å²) in [6.45, 7) is 1.26. The highest BCUT2D eigenvalue weighted by molar-refractivity contribution is 7.92. The van der Waals surface area contributed by atoms with Crippen molar-refractivity contribution in [1.82, 2.24) is 5.32 Å². The maximum atomic E-state index is 12.7. The number of sulfonamides is 1. The fourth-order valence-electron chi connectivity index (χ4n) is 2.39. The molecule has 0 aromatic heterocycles. The lowest BCUT2D eigenvalue weighted by Crippen LogP contribution is -2.44. The van der Waals surface area contributed by atoms with E-state index in [-0.39, 0.29) is 10.5 Å². The monoisotopic (exact) mass is 406 g/mol. The van der Waals surface area contributed by atoms with Gasteiger partial charge in [0.1, 0.15) is 0 Å². The zero-order valence-corrected chi connectivity index (χ0v) is 16.6. The topological polar surface area (TPSA) is 113 Å². The second kappa shape index (κ2) is 8.85. The van der Waals surface area contributed by atoms with Gasteiger partial charge in [-0.2, -0.15) is 0 Å². The van der Waals surface area contributed by atoms with E-state index in [2.05, 4.69) is 10.1 Å². The Balaban J connectivity index is 2.18. The summed E-state index contributed by atoms with van der Waals surface area (Å²) in [5.74, 6) is -1.36. The minimum atomic E-state index is -3.74. The summed E-state index contributed by atoms with van der Waals surface area (Å²) in [5.41, 5.74) is 1.51. The van der Waals surface area contributed by atoms with E-state index in [9.17, 15) is 18.0 Å². The van der Waals surface area contributed by atoms with Gasteiger partial charge < -0.3 is 15.2 Å². The number of aryl methyl sites for hydroxylation is 1. The summed E-state index contributed by atoms with van der Waals surface area (Å²) in [7, 11) is -1.17. The summed E-state index contributed by atoms with van der Waals surface area (Å²) >= 11 is 0. The third kappa shape index (κ3) is 4.68. The van der Waals surface area contributed by atoms with Gasteiger partial charge in [-0.1, -0.05) is 17.7 Å². The number of carbonyl (C=O) groups is 2. The molecule has 0 aliphatic rings. The summed E-state index contributed by atoms with van der Waals surface area (Å²) in [6, 6.07) is 11.1. The molecule has 2 N–H and O–H groups in total. The van der Waals surface area contributed by atoms with Gasteiger partial charge in [-0.05, 0) is 43.3 Å². The predicted molar refractivity (Wildman–Crippen MR) is 104 cm³/mol. The number of ether oxygens (including phenoxy) is 1. The second-order valence-corrected chi connectivity index (χ2v) is 8.03. The van der Waals surface area contributed by atoms with Crippen LogP contribution < -0.4 is 9.62 Å². The molecule has 2 rings (SSSR count). The molecule has 0 aliphatic heterocycles. The molecule has 0 heterocycles. The Morgan fingerprint density at radius 1 is 1.11 bits per heavy atom. The first kappa shape index (κ1) is 21.4. The molecule has 0 bridgehead atoms. The Bertz CT molecular complexity index is 939. The molecule has 1 atom stereocenters. The average molecular weight is 406 g/mol. The number of rotatable bonds is 7. The van der Waals surface area contributed by atoms with Crippen molar-refractivity contribution in [2.75, 3.05) is 25.1 Å². The van der Waals surface area contributed by atoms with Gasteiger partial charge in [0, 0.05) is 12.6 Å². The maximum Gasteiger partial charge on any atom is 0.330 e. The van der Waals surface area contributed by atoms with Crippen LogP contribution in [0.4, 0.5) is 5.69 Å². The van der Waals surface area contributed by atoms with Gasteiger partial charge >= 0.3 is 5.97 Å². The molecule has 0 fully saturated rings. The first-order chi connectivity index (χ1) is 13.2. The molecule has 2 aromatic carbocycles. The van der Waals surface area contributed by atoms with Crippen LogP contribution in [0.1, 0.15) is 15.9 Å². The average Bonchev–Trinajstić information content (AvgIpc) is 2.71. The Morgan fingerprint density at radius 3 is 2.18 bits per heavy atom. The minimum absolute atomic E-state index is 0.159. The molecule has 8 nitrogen and oxygen atoms in total.